The molecule has 7 rings (SSSR count). The maximum atomic E-state index is 12.8. The van der Waals surface area contributed by atoms with E-state index in [1.165, 1.54) is 30.6 Å². The van der Waals surface area contributed by atoms with Gasteiger partial charge < -0.3 is 29.2 Å². The normalized spacial score (nSPS) is 15.4. The van der Waals surface area contributed by atoms with Gasteiger partial charge in [-0.25, -0.2) is 9.78 Å². The highest BCUT2D eigenvalue weighted by Gasteiger charge is 2.32. The highest BCUT2D eigenvalue weighted by atomic mass is 32.1. The van der Waals surface area contributed by atoms with Gasteiger partial charge in [-0.15, -0.1) is 23.4 Å². The van der Waals surface area contributed by atoms with Crippen LogP contribution in [0.25, 0.3) is 38.6 Å². The molecule has 2 aromatic heterocycles. The Hall–Kier alpha value is -4.95. The summed E-state index contributed by atoms with van der Waals surface area (Å²) in [6.07, 6.45) is -2.75. The third kappa shape index (κ3) is 6.97. The molecule has 5 aromatic rings. The number of rotatable bonds is 10. The quantitative estimate of drug-likeness (QED) is 0.118. The molecule has 0 bridgehead atoms. The first kappa shape index (κ1) is 32.6. The number of methoxy groups -OCH3 is 1. The molecule has 0 amide bonds. The van der Waals surface area contributed by atoms with Gasteiger partial charge in [-0.2, -0.15) is 0 Å². The summed E-state index contributed by atoms with van der Waals surface area (Å²) in [6, 6.07) is 17.7. The SMILES string of the molecule is C=C(C(=O)OC)c1ccc(-c2nnc(Nc3cc4nc(-c5ccc(OC(F)(F)F)cc5)n(C5CC5)c4cc3N3CCN(CC)CC3)s2)cc1. The average molecular weight is 690 g/mol. The molecular formula is C35H34F3N7O3S. The molecule has 1 saturated heterocycles. The second-order valence-electron chi connectivity index (χ2n) is 12.0. The number of imidazole rings is 1. The van der Waals surface area contributed by atoms with Crippen molar-refractivity contribution >= 4 is 50.4 Å². The molecule has 14 heteroatoms. The van der Waals surface area contributed by atoms with E-state index in [9.17, 15) is 18.0 Å². The Morgan fingerprint density at radius 3 is 2.33 bits per heavy atom. The number of hydrogen-bond donors (Lipinski definition) is 1. The first-order valence-corrected chi connectivity index (χ1v) is 16.8. The van der Waals surface area contributed by atoms with Crippen LogP contribution in [-0.4, -0.2) is 76.8 Å². The van der Waals surface area contributed by atoms with Crippen LogP contribution in [0.2, 0.25) is 0 Å². The summed E-state index contributed by atoms with van der Waals surface area (Å²) >= 11 is 1.40. The molecule has 3 heterocycles. The lowest BCUT2D eigenvalue weighted by Crippen LogP contribution is -2.46. The molecule has 0 atom stereocenters. The summed E-state index contributed by atoms with van der Waals surface area (Å²) in [4.78, 5) is 21.7. The standard InChI is InChI=1S/C35H34F3N7O3S/c1-4-43-15-17-44(18-16-43)29-20-30-28(39-31(45(30)25-11-12-25)23-9-13-26(14-10-23)48-35(36,37)38)19-27(29)40-34-42-41-32(49-34)24-7-5-22(6-8-24)21(2)33(46)47-3/h5-10,13-14,19-20,25H,2,4,11-12,15-18H2,1,3H3,(H,40,42). The van der Waals surface area contributed by atoms with Crippen LogP contribution in [0.5, 0.6) is 5.75 Å². The zero-order chi connectivity index (χ0) is 34.3. The number of alkyl halides is 3. The first-order valence-electron chi connectivity index (χ1n) is 16.0. The van der Waals surface area contributed by atoms with Crippen LogP contribution < -0.4 is 15.0 Å². The van der Waals surface area contributed by atoms with E-state index < -0.39 is 12.3 Å². The minimum atomic E-state index is -4.76. The predicted octanol–water partition coefficient (Wildman–Crippen LogP) is 7.53. The maximum Gasteiger partial charge on any atom is 0.573 e. The van der Waals surface area contributed by atoms with Crippen LogP contribution in [0.15, 0.2) is 67.2 Å². The summed E-state index contributed by atoms with van der Waals surface area (Å²) in [5.74, 6) is -0.0580. The summed E-state index contributed by atoms with van der Waals surface area (Å²) in [7, 11) is 1.32. The summed E-state index contributed by atoms with van der Waals surface area (Å²) in [6.45, 7) is 10.6. The van der Waals surface area contributed by atoms with Crippen LogP contribution in [0, 0.1) is 0 Å². The van der Waals surface area contributed by atoms with Crippen LogP contribution in [0.1, 0.15) is 31.4 Å². The number of halogens is 3. The second-order valence-corrected chi connectivity index (χ2v) is 13.0. The fourth-order valence-electron chi connectivity index (χ4n) is 6.07. The summed E-state index contributed by atoms with van der Waals surface area (Å²) in [5.41, 5.74) is 6.09. The summed E-state index contributed by atoms with van der Waals surface area (Å²) < 4.78 is 49.5. The molecule has 3 aromatic carbocycles. The number of hydrogen-bond acceptors (Lipinski definition) is 10. The van der Waals surface area contributed by atoms with Gasteiger partial charge in [0.2, 0.25) is 5.13 Å². The van der Waals surface area contributed by atoms with E-state index in [-0.39, 0.29) is 17.4 Å². The van der Waals surface area contributed by atoms with Crippen molar-refractivity contribution in [2.45, 2.75) is 32.2 Å². The number of piperazine rings is 1. The third-order valence-corrected chi connectivity index (χ3v) is 9.69. The zero-order valence-electron chi connectivity index (χ0n) is 27.0. The van der Waals surface area contributed by atoms with E-state index in [1.54, 1.807) is 24.3 Å². The molecular weight excluding hydrogens is 655 g/mol. The minimum absolute atomic E-state index is 0.261. The lowest BCUT2D eigenvalue weighted by molar-refractivity contribution is -0.274. The number of ether oxygens (including phenoxy) is 2. The molecule has 0 unspecified atom stereocenters. The number of likely N-dealkylation sites (N-methyl/N-ethyl adjacent to an activating group) is 1. The lowest BCUT2D eigenvalue weighted by atomic mass is 10.1. The van der Waals surface area contributed by atoms with Gasteiger partial charge >= 0.3 is 12.3 Å². The van der Waals surface area contributed by atoms with Gasteiger partial charge in [-0.1, -0.05) is 49.1 Å². The Morgan fingerprint density at radius 2 is 1.69 bits per heavy atom. The van der Waals surface area contributed by atoms with Crippen molar-refractivity contribution in [2.75, 3.05) is 50.1 Å². The van der Waals surface area contributed by atoms with Crippen molar-refractivity contribution in [3.8, 4) is 27.7 Å². The number of carbonyl (C=O) groups excluding carboxylic acids is 1. The molecule has 2 fully saturated rings. The van der Waals surface area contributed by atoms with Crippen molar-refractivity contribution in [1.29, 1.82) is 0 Å². The van der Waals surface area contributed by atoms with Gasteiger partial charge in [-0.05, 0) is 61.3 Å². The molecule has 0 radical (unpaired) electrons. The molecule has 49 heavy (non-hydrogen) atoms. The fourth-order valence-corrected chi connectivity index (χ4v) is 6.83. The fraction of sp³-hybridized carbons (Fsp3) is 0.314. The topological polar surface area (TPSA) is 97.6 Å². The van der Waals surface area contributed by atoms with E-state index >= 15 is 0 Å². The van der Waals surface area contributed by atoms with E-state index in [0.29, 0.717) is 27.1 Å². The molecule has 1 aliphatic carbocycles. The van der Waals surface area contributed by atoms with E-state index in [2.05, 4.69) is 54.2 Å². The molecule has 10 nitrogen and oxygen atoms in total. The van der Waals surface area contributed by atoms with Gasteiger partial charge in [0.25, 0.3) is 0 Å². The largest absolute Gasteiger partial charge is 0.573 e. The third-order valence-electron chi connectivity index (χ3n) is 8.80. The van der Waals surface area contributed by atoms with Crippen LogP contribution in [-0.2, 0) is 9.53 Å². The number of nitrogens with zero attached hydrogens (tertiary/aromatic N) is 6. The Morgan fingerprint density at radius 1 is 1.00 bits per heavy atom. The molecule has 254 valence electrons. The van der Waals surface area contributed by atoms with Gasteiger partial charge in [-0.3, -0.25) is 0 Å². The molecule has 2 aliphatic rings. The van der Waals surface area contributed by atoms with Gasteiger partial charge in [0.1, 0.15) is 16.6 Å². The Kier molecular flexibility index (Phi) is 8.75. The molecule has 1 N–H and O–H groups in total. The highest BCUT2D eigenvalue weighted by Crippen LogP contribution is 2.44. The molecule has 1 saturated carbocycles. The second kappa shape index (κ2) is 13.2. The van der Waals surface area contributed by atoms with E-state index in [4.69, 9.17) is 9.72 Å². The van der Waals surface area contributed by atoms with Crippen molar-refractivity contribution in [2.24, 2.45) is 0 Å². The average Bonchev–Trinajstić information content (AvgIpc) is 3.72. The minimum Gasteiger partial charge on any atom is -0.465 e. The maximum absolute atomic E-state index is 12.8. The molecule has 0 spiro atoms. The Bertz CT molecular complexity index is 2000. The number of benzene rings is 3. The van der Waals surface area contributed by atoms with E-state index in [0.717, 1.165) is 73.5 Å². The van der Waals surface area contributed by atoms with Gasteiger partial charge in [0.15, 0.2) is 0 Å². The number of fused-ring (bicyclic) bond motifs is 1. The number of esters is 1. The Balaban J connectivity index is 1.23. The van der Waals surface area contributed by atoms with Crippen LogP contribution in [0.4, 0.5) is 29.7 Å². The Labute approximate surface area is 284 Å². The van der Waals surface area contributed by atoms with Crippen molar-refractivity contribution < 1.29 is 27.4 Å². The number of anilines is 3. The smallest absolute Gasteiger partial charge is 0.465 e. The van der Waals surface area contributed by atoms with Crippen molar-refractivity contribution in [3.05, 3.63) is 72.8 Å². The van der Waals surface area contributed by atoms with Crippen LogP contribution >= 0.6 is 11.3 Å². The first-order chi connectivity index (χ1) is 23.6. The van der Waals surface area contributed by atoms with Crippen molar-refractivity contribution in [3.63, 3.8) is 0 Å². The molecule has 1 aliphatic heterocycles. The van der Waals surface area contributed by atoms with E-state index in [1.807, 2.05) is 18.2 Å². The zero-order valence-corrected chi connectivity index (χ0v) is 27.8. The monoisotopic (exact) mass is 689 g/mol. The van der Waals surface area contributed by atoms with Crippen LogP contribution in [0.3, 0.4) is 0 Å². The van der Waals surface area contributed by atoms with Gasteiger partial charge in [0.05, 0.1) is 35.1 Å². The number of carbonyl (C=O) groups is 1. The lowest BCUT2D eigenvalue weighted by Gasteiger charge is -2.36. The number of nitrogens with one attached hydrogen (secondary N) is 1. The predicted molar refractivity (Wildman–Crippen MR) is 184 cm³/mol. The summed E-state index contributed by atoms with van der Waals surface area (Å²) in [5, 5.41) is 13.7. The van der Waals surface area contributed by atoms with Crippen molar-refractivity contribution in [1.82, 2.24) is 24.6 Å². The number of aromatic nitrogens is 4. The van der Waals surface area contributed by atoms with Gasteiger partial charge in [0, 0.05) is 43.3 Å². The highest BCUT2D eigenvalue weighted by molar-refractivity contribution is 7.18.